The monoisotopic (exact) mass is 222 g/mol. The first-order valence-corrected chi connectivity index (χ1v) is 5.86. The van der Waals surface area contributed by atoms with Gasteiger partial charge in [-0.25, -0.2) is 0 Å². The number of hydrogen-bond donors (Lipinski definition) is 0. The number of methoxy groups -OCH3 is 1. The van der Waals surface area contributed by atoms with E-state index in [-0.39, 0.29) is 36.3 Å². The molecule has 4 bridgehead atoms. The van der Waals surface area contributed by atoms with Crippen LogP contribution in [0.1, 0.15) is 6.42 Å². The Labute approximate surface area is 93.5 Å². The normalized spacial score (nSPS) is 55.7. The molecule has 16 heavy (non-hydrogen) atoms. The van der Waals surface area contributed by atoms with E-state index in [4.69, 9.17) is 14.2 Å². The Kier molecular flexibility index (Phi) is 1.65. The summed E-state index contributed by atoms with van der Waals surface area (Å²) < 4.78 is 16.6. The van der Waals surface area contributed by atoms with Crippen molar-refractivity contribution in [2.45, 2.75) is 30.8 Å². The maximum absolute atomic E-state index is 11.6. The van der Waals surface area contributed by atoms with Gasteiger partial charge in [0.25, 0.3) is 0 Å². The Morgan fingerprint density at radius 3 is 2.75 bits per heavy atom. The summed E-state index contributed by atoms with van der Waals surface area (Å²) in [5.74, 6) is 0.643. The molecular weight excluding hydrogens is 208 g/mol. The van der Waals surface area contributed by atoms with Gasteiger partial charge >= 0.3 is 5.97 Å². The van der Waals surface area contributed by atoms with Crippen molar-refractivity contribution in [2.75, 3.05) is 7.11 Å². The topological polar surface area (TPSA) is 44.8 Å². The molecule has 4 heterocycles. The molecule has 4 aliphatic rings. The van der Waals surface area contributed by atoms with E-state index in [0.717, 1.165) is 6.42 Å². The van der Waals surface area contributed by atoms with E-state index in [2.05, 4.69) is 12.2 Å². The van der Waals surface area contributed by atoms with Gasteiger partial charge < -0.3 is 14.2 Å². The molecule has 0 saturated carbocycles. The SMILES string of the molecule is COC(=O)C1CC2OC1C1C3C=CC(O3)C21. The van der Waals surface area contributed by atoms with E-state index in [1.54, 1.807) is 0 Å². The Balaban J connectivity index is 1.66. The molecule has 0 amide bonds. The molecule has 3 saturated heterocycles. The molecule has 4 rings (SSSR count). The van der Waals surface area contributed by atoms with Crippen LogP contribution < -0.4 is 0 Å². The van der Waals surface area contributed by atoms with Crippen LogP contribution in [0, 0.1) is 17.8 Å². The lowest BCUT2D eigenvalue weighted by Crippen LogP contribution is -2.41. The predicted molar refractivity (Wildman–Crippen MR) is 53.6 cm³/mol. The van der Waals surface area contributed by atoms with Crippen LogP contribution in [0.3, 0.4) is 0 Å². The van der Waals surface area contributed by atoms with Gasteiger partial charge in [0.1, 0.15) is 0 Å². The van der Waals surface area contributed by atoms with Gasteiger partial charge in [-0.3, -0.25) is 4.79 Å². The van der Waals surface area contributed by atoms with Gasteiger partial charge in [-0.1, -0.05) is 12.2 Å². The van der Waals surface area contributed by atoms with Crippen LogP contribution in [0.25, 0.3) is 0 Å². The van der Waals surface area contributed by atoms with Crippen LogP contribution in [0.15, 0.2) is 12.2 Å². The Morgan fingerprint density at radius 2 is 2.00 bits per heavy atom. The molecule has 3 fully saturated rings. The Bertz CT molecular complexity index is 377. The standard InChI is InChI=1S/C12H14O4/c1-14-12(13)5-4-8-9-6-2-3-7(15-6)10(9)11(5)16-8/h2-3,5-11H,4H2,1H3. The van der Waals surface area contributed by atoms with Crippen LogP contribution in [-0.2, 0) is 19.0 Å². The number of esters is 1. The average molecular weight is 222 g/mol. The lowest BCUT2D eigenvalue weighted by molar-refractivity contribution is -0.148. The average Bonchev–Trinajstić information content (AvgIpc) is 3.03. The largest absolute Gasteiger partial charge is 0.469 e. The Hall–Kier alpha value is -0.870. The summed E-state index contributed by atoms with van der Waals surface area (Å²) in [5, 5.41) is 0. The third kappa shape index (κ3) is 0.908. The van der Waals surface area contributed by atoms with Crippen molar-refractivity contribution >= 4 is 5.97 Å². The summed E-state index contributed by atoms with van der Waals surface area (Å²) in [7, 11) is 1.45. The van der Waals surface area contributed by atoms with Gasteiger partial charge in [-0.2, -0.15) is 0 Å². The van der Waals surface area contributed by atoms with E-state index in [1.165, 1.54) is 7.11 Å². The molecule has 0 aromatic heterocycles. The molecule has 0 aromatic carbocycles. The summed E-state index contributed by atoms with van der Waals surface area (Å²) in [6, 6.07) is 0. The first-order valence-electron chi connectivity index (χ1n) is 5.86. The fourth-order valence-corrected chi connectivity index (χ4v) is 3.96. The summed E-state index contributed by atoms with van der Waals surface area (Å²) in [6.45, 7) is 0. The number of fused-ring (bicyclic) bond motifs is 9. The van der Waals surface area contributed by atoms with Crippen molar-refractivity contribution in [3.8, 4) is 0 Å². The first-order chi connectivity index (χ1) is 7.79. The molecule has 0 aromatic rings. The zero-order chi connectivity index (χ0) is 10.9. The molecule has 4 nitrogen and oxygen atoms in total. The number of ether oxygens (including phenoxy) is 3. The predicted octanol–water partition coefficient (Wildman–Crippen LogP) is 0.516. The molecule has 7 unspecified atom stereocenters. The molecule has 0 spiro atoms. The minimum atomic E-state index is -0.127. The van der Waals surface area contributed by atoms with E-state index >= 15 is 0 Å². The van der Waals surface area contributed by atoms with Crippen molar-refractivity contribution in [1.82, 2.24) is 0 Å². The van der Waals surface area contributed by atoms with Crippen LogP contribution in [0.2, 0.25) is 0 Å². The molecular formula is C12H14O4. The molecule has 0 aliphatic carbocycles. The highest BCUT2D eigenvalue weighted by Gasteiger charge is 2.65. The first kappa shape index (κ1) is 9.19. The van der Waals surface area contributed by atoms with E-state index in [1.807, 2.05) is 0 Å². The molecule has 86 valence electrons. The Morgan fingerprint density at radius 1 is 1.25 bits per heavy atom. The van der Waals surface area contributed by atoms with Crippen molar-refractivity contribution in [1.29, 1.82) is 0 Å². The number of rotatable bonds is 1. The van der Waals surface area contributed by atoms with Crippen LogP contribution in [0.5, 0.6) is 0 Å². The van der Waals surface area contributed by atoms with Gasteiger partial charge in [0.15, 0.2) is 0 Å². The van der Waals surface area contributed by atoms with E-state index < -0.39 is 0 Å². The minimum Gasteiger partial charge on any atom is -0.469 e. The third-order valence-electron chi connectivity index (χ3n) is 4.54. The molecule has 0 N–H and O–H groups in total. The molecule has 4 heteroatoms. The summed E-state index contributed by atoms with van der Waals surface area (Å²) in [4.78, 5) is 11.6. The zero-order valence-corrected chi connectivity index (χ0v) is 9.04. The van der Waals surface area contributed by atoms with Crippen molar-refractivity contribution < 1.29 is 19.0 Å². The second-order valence-electron chi connectivity index (χ2n) is 5.11. The highest BCUT2D eigenvalue weighted by atomic mass is 16.6. The summed E-state index contributed by atoms with van der Waals surface area (Å²) >= 11 is 0. The molecule has 7 atom stereocenters. The number of carbonyl (C=O) groups excluding carboxylic acids is 1. The van der Waals surface area contributed by atoms with Gasteiger partial charge in [-0.05, 0) is 6.42 Å². The molecule has 0 radical (unpaired) electrons. The number of hydrogen-bond acceptors (Lipinski definition) is 4. The highest BCUT2D eigenvalue weighted by Crippen LogP contribution is 2.56. The van der Waals surface area contributed by atoms with E-state index in [9.17, 15) is 4.79 Å². The van der Waals surface area contributed by atoms with Crippen LogP contribution >= 0.6 is 0 Å². The van der Waals surface area contributed by atoms with Crippen molar-refractivity contribution in [2.24, 2.45) is 17.8 Å². The van der Waals surface area contributed by atoms with Crippen LogP contribution in [-0.4, -0.2) is 37.5 Å². The number of carbonyl (C=O) groups is 1. The lowest BCUT2D eigenvalue weighted by Gasteiger charge is -2.29. The van der Waals surface area contributed by atoms with Crippen molar-refractivity contribution in [3.05, 3.63) is 12.2 Å². The highest BCUT2D eigenvalue weighted by molar-refractivity contribution is 5.74. The van der Waals surface area contributed by atoms with Gasteiger partial charge in [0, 0.05) is 11.8 Å². The fourth-order valence-electron chi connectivity index (χ4n) is 3.96. The lowest BCUT2D eigenvalue weighted by atomic mass is 9.69. The fraction of sp³-hybridized carbons (Fsp3) is 0.750. The van der Waals surface area contributed by atoms with Gasteiger partial charge in [-0.15, -0.1) is 0 Å². The zero-order valence-electron chi connectivity index (χ0n) is 9.04. The van der Waals surface area contributed by atoms with Gasteiger partial charge in [0.2, 0.25) is 0 Å². The van der Waals surface area contributed by atoms with Gasteiger partial charge in [0.05, 0.1) is 37.4 Å². The maximum atomic E-state index is 11.6. The quantitative estimate of drug-likeness (QED) is 0.479. The maximum Gasteiger partial charge on any atom is 0.311 e. The molecule has 4 aliphatic heterocycles. The van der Waals surface area contributed by atoms with Crippen molar-refractivity contribution in [3.63, 3.8) is 0 Å². The minimum absolute atomic E-state index is 0.0161. The smallest absolute Gasteiger partial charge is 0.311 e. The second kappa shape index (κ2) is 2.87. The second-order valence-corrected chi connectivity index (χ2v) is 5.11. The third-order valence-corrected chi connectivity index (χ3v) is 4.54. The summed E-state index contributed by atoms with van der Waals surface area (Å²) in [6.07, 6.45) is 5.66. The van der Waals surface area contributed by atoms with Crippen LogP contribution in [0.4, 0.5) is 0 Å². The summed E-state index contributed by atoms with van der Waals surface area (Å²) in [5.41, 5.74) is 0. The van der Waals surface area contributed by atoms with E-state index in [0.29, 0.717) is 11.8 Å².